The van der Waals surface area contributed by atoms with Gasteiger partial charge in [0.05, 0.1) is 18.2 Å². The fourth-order valence-electron chi connectivity index (χ4n) is 3.74. The number of fused-ring (bicyclic) bond motifs is 1. The molecule has 1 fully saturated rings. The molecule has 2 heterocycles. The summed E-state index contributed by atoms with van der Waals surface area (Å²) >= 11 is 5.99. The molecule has 0 spiro atoms. The summed E-state index contributed by atoms with van der Waals surface area (Å²) in [5, 5.41) is 14.8. The zero-order chi connectivity index (χ0) is 20.9. The summed E-state index contributed by atoms with van der Waals surface area (Å²) in [6, 6.07) is 16.1. The lowest BCUT2D eigenvalue weighted by atomic mass is 10.2. The number of hydrogen-bond donors (Lipinski definition) is 2. The number of rotatable bonds is 7. The Morgan fingerprint density at radius 2 is 1.77 bits per heavy atom. The van der Waals surface area contributed by atoms with Crippen molar-refractivity contribution in [1.82, 2.24) is 14.9 Å². The molecule has 6 nitrogen and oxygen atoms in total. The van der Waals surface area contributed by atoms with E-state index in [0.717, 1.165) is 66.8 Å². The fraction of sp³-hybridized carbons (Fsp3) is 0.391. The fourth-order valence-corrected chi connectivity index (χ4v) is 3.87. The Labute approximate surface area is 182 Å². The van der Waals surface area contributed by atoms with Gasteiger partial charge in [0.2, 0.25) is 5.95 Å². The number of anilines is 2. The number of aromatic nitrogens is 2. The second-order valence-corrected chi connectivity index (χ2v) is 8.15. The van der Waals surface area contributed by atoms with E-state index in [4.69, 9.17) is 21.6 Å². The molecule has 1 atom stereocenters. The summed E-state index contributed by atoms with van der Waals surface area (Å²) in [6.07, 6.45) is 0.827. The molecule has 1 aliphatic rings. The first-order chi connectivity index (χ1) is 14.7. The number of aliphatic hydroxyl groups excluding tert-OH is 1. The third-order valence-electron chi connectivity index (χ3n) is 5.62. The van der Waals surface area contributed by atoms with Crippen LogP contribution in [-0.2, 0) is 6.54 Å². The van der Waals surface area contributed by atoms with Crippen molar-refractivity contribution in [1.29, 1.82) is 0 Å². The number of para-hydroxylation sites is 1. The van der Waals surface area contributed by atoms with Crippen LogP contribution >= 0.6 is 11.6 Å². The van der Waals surface area contributed by atoms with Gasteiger partial charge in [-0.2, -0.15) is 4.98 Å². The Bertz CT molecular complexity index is 969. The van der Waals surface area contributed by atoms with E-state index in [1.54, 1.807) is 0 Å². The Morgan fingerprint density at radius 1 is 1.03 bits per heavy atom. The minimum Gasteiger partial charge on any atom is -0.394 e. The number of hydrogen-bond acceptors (Lipinski definition) is 6. The minimum atomic E-state index is -0.0209. The summed E-state index contributed by atoms with van der Waals surface area (Å²) in [4.78, 5) is 14.3. The van der Waals surface area contributed by atoms with Crippen LogP contribution in [0.2, 0.25) is 5.02 Å². The van der Waals surface area contributed by atoms with Gasteiger partial charge in [0.1, 0.15) is 5.82 Å². The van der Waals surface area contributed by atoms with Gasteiger partial charge in [-0.15, -0.1) is 0 Å². The van der Waals surface area contributed by atoms with Gasteiger partial charge in [-0.3, -0.25) is 4.90 Å². The second-order valence-electron chi connectivity index (χ2n) is 7.71. The molecule has 1 saturated heterocycles. The molecule has 1 aromatic heterocycles. The highest BCUT2D eigenvalue weighted by atomic mass is 35.5. The van der Waals surface area contributed by atoms with Crippen LogP contribution in [0, 0.1) is 0 Å². The topological polar surface area (TPSA) is 64.5 Å². The van der Waals surface area contributed by atoms with Crippen molar-refractivity contribution in [2.45, 2.75) is 25.9 Å². The van der Waals surface area contributed by atoms with Crippen molar-refractivity contribution >= 4 is 34.3 Å². The molecule has 0 bridgehead atoms. The molecule has 30 heavy (non-hydrogen) atoms. The van der Waals surface area contributed by atoms with Crippen molar-refractivity contribution in [3.63, 3.8) is 0 Å². The summed E-state index contributed by atoms with van der Waals surface area (Å²) in [5.74, 6) is 1.54. The monoisotopic (exact) mass is 425 g/mol. The summed E-state index contributed by atoms with van der Waals surface area (Å²) in [6.45, 7) is 6.72. The van der Waals surface area contributed by atoms with E-state index in [1.165, 1.54) is 5.56 Å². The lowest BCUT2D eigenvalue weighted by Crippen LogP contribution is -2.46. The van der Waals surface area contributed by atoms with Gasteiger partial charge in [0, 0.05) is 43.1 Å². The van der Waals surface area contributed by atoms with E-state index in [9.17, 15) is 5.11 Å². The number of halogens is 1. The van der Waals surface area contributed by atoms with E-state index < -0.39 is 0 Å². The molecule has 3 aromatic rings. The number of nitrogens with one attached hydrogen (secondary N) is 1. The van der Waals surface area contributed by atoms with E-state index in [0.29, 0.717) is 0 Å². The van der Waals surface area contributed by atoms with Crippen LogP contribution in [0.5, 0.6) is 0 Å². The summed E-state index contributed by atoms with van der Waals surface area (Å²) in [5.41, 5.74) is 2.19. The molecule has 0 radical (unpaired) electrons. The third-order valence-corrected chi connectivity index (χ3v) is 5.87. The van der Waals surface area contributed by atoms with E-state index in [2.05, 4.69) is 34.2 Å². The van der Waals surface area contributed by atoms with E-state index in [1.807, 2.05) is 36.4 Å². The maximum absolute atomic E-state index is 9.61. The second kappa shape index (κ2) is 9.60. The normalized spacial score (nSPS) is 16.0. The van der Waals surface area contributed by atoms with Crippen molar-refractivity contribution < 1.29 is 5.11 Å². The van der Waals surface area contributed by atoms with Crippen LogP contribution in [0.15, 0.2) is 48.5 Å². The van der Waals surface area contributed by atoms with Gasteiger partial charge < -0.3 is 15.3 Å². The Morgan fingerprint density at radius 3 is 2.47 bits per heavy atom. The molecule has 0 aliphatic carbocycles. The summed E-state index contributed by atoms with van der Waals surface area (Å²) < 4.78 is 0. The molecule has 1 aliphatic heterocycles. The van der Waals surface area contributed by atoms with Gasteiger partial charge in [0.15, 0.2) is 0 Å². The predicted molar refractivity (Wildman–Crippen MR) is 123 cm³/mol. The molecule has 0 saturated carbocycles. The predicted octanol–water partition coefficient (Wildman–Crippen LogP) is 3.79. The van der Waals surface area contributed by atoms with Crippen LogP contribution in [0.25, 0.3) is 10.9 Å². The standard InChI is InChI=1S/C23H28ClN5O/c1-2-19(16-30)25-22-20-5-3-4-6-21(20)26-23(27-22)29-13-11-28(12-14-29)15-17-7-9-18(24)10-8-17/h3-10,19,30H,2,11-16H2,1H3,(H,25,26,27). The highest BCUT2D eigenvalue weighted by Gasteiger charge is 2.21. The lowest BCUT2D eigenvalue weighted by molar-refractivity contribution is 0.249. The quantitative estimate of drug-likeness (QED) is 0.600. The molecule has 7 heteroatoms. The molecule has 1 unspecified atom stereocenters. The first kappa shape index (κ1) is 20.8. The number of piperazine rings is 1. The minimum absolute atomic E-state index is 0.0209. The third kappa shape index (κ3) is 4.83. The van der Waals surface area contributed by atoms with Crippen LogP contribution in [0.4, 0.5) is 11.8 Å². The molecule has 0 amide bonds. The Hall–Kier alpha value is -2.41. The summed E-state index contributed by atoms with van der Waals surface area (Å²) in [7, 11) is 0. The maximum Gasteiger partial charge on any atom is 0.227 e. The number of nitrogens with zero attached hydrogens (tertiary/aromatic N) is 4. The van der Waals surface area contributed by atoms with Gasteiger partial charge in [-0.05, 0) is 36.2 Å². The largest absolute Gasteiger partial charge is 0.394 e. The average molecular weight is 426 g/mol. The van der Waals surface area contributed by atoms with Crippen molar-refractivity contribution in [2.24, 2.45) is 0 Å². The first-order valence-corrected chi connectivity index (χ1v) is 10.9. The maximum atomic E-state index is 9.61. The van der Waals surface area contributed by atoms with Crippen molar-refractivity contribution in [2.75, 3.05) is 43.0 Å². The lowest BCUT2D eigenvalue weighted by Gasteiger charge is -2.35. The first-order valence-electron chi connectivity index (χ1n) is 10.5. The molecule has 158 valence electrons. The highest BCUT2D eigenvalue weighted by molar-refractivity contribution is 6.30. The highest BCUT2D eigenvalue weighted by Crippen LogP contribution is 2.25. The average Bonchev–Trinajstić information content (AvgIpc) is 2.79. The van der Waals surface area contributed by atoms with E-state index >= 15 is 0 Å². The van der Waals surface area contributed by atoms with Gasteiger partial charge in [0.25, 0.3) is 0 Å². The van der Waals surface area contributed by atoms with Crippen LogP contribution in [0.3, 0.4) is 0 Å². The zero-order valence-corrected chi connectivity index (χ0v) is 18.0. The van der Waals surface area contributed by atoms with Crippen molar-refractivity contribution in [3.05, 3.63) is 59.1 Å². The number of benzene rings is 2. The Kier molecular flexibility index (Phi) is 6.67. The van der Waals surface area contributed by atoms with Gasteiger partial charge >= 0.3 is 0 Å². The Balaban J connectivity index is 1.48. The van der Waals surface area contributed by atoms with Crippen LogP contribution in [0.1, 0.15) is 18.9 Å². The zero-order valence-electron chi connectivity index (χ0n) is 17.3. The number of aliphatic hydroxyl groups is 1. The van der Waals surface area contributed by atoms with Crippen LogP contribution < -0.4 is 10.2 Å². The van der Waals surface area contributed by atoms with Crippen LogP contribution in [-0.4, -0.2) is 58.8 Å². The van der Waals surface area contributed by atoms with Gasteiger partial charge in [-0.1, -0.05) is 42.8 Å². The molecular weight excluding hydrogens is 398 g/mol. The molecule has 2 N–H and O–H groups in total. The smallest absolute Gasteiger partial charge is 0.227 e. The van der Waals surface area contributed by atoms with Crippen molar-refractivity contribution in [3.8, 4) is 0 Å². The van der Waals surface area contributed by atoms with Gasteiger partial charge in [-0.25, -0.2) is 4.98 Å². The molecule has 4 rings (SSSR count). The molecule has 2 aromatic carbocycles. The SMILES string of the molecule is CCC(CO)Nc1nc(N2CCN(Cc3ccc(Cl)cc3)CC2)nc2ccccc12. The molecular formula is C23H28ClN5O. The van der Waals surface area contributed by atoms with E-state index in [-0.39, 0.29) is 12.6 Å².